The lowest BCUT2D eigenvalue weighted by Crippen LogP contribution is -2.36. The van der Waals surface area contributed by atoms with Crippen LogP contribution < -0.4 is 10.3 Å². The Kier molecular flexibility index (Phi) is 4.59. The van der Waals surface area contributed by atoms with Crippen molar-refractivity contribution >= 4 is 5.82 Å². The quantitative estimate of drug-likeness (QED) is 0.914. The predicted molar refractivity (Wildman–Crippen MR) is 90.3 cm³/mol. The Labute approximate surface area is 142 Å². The van der Waals surface area contributed by atoms with Crippen LogP contribution in [0.1, 0.15) is 55.3 Å². The fourth-order valence-electron chi connectivity index (χ4n) is 3.19. The largest absolute Gasteiger partial charge is 0.465 e. The van der Waals surface area contributed by atoms with E-state index in [0.29, 0.717) is 18.7 Å². The first-order valence-electron chi connectivity index (χ1n) is 8.44. The number of H-pyrrole nitrogens is 1. The number of nitriles is 1. The van der Waals surface area contributed by atoms with E-state index in [2.05, 4.69) is 37.1 Å². The van der Waals surface area contributed by atoms with E-state index in [1.807, 2.05) is 12.1 Å². The van der Waals surface area contributed by atoms with Crippen LogP contribution in [0.4, 0.5) is 5.82 Å². The number of fused-ring (bicyclic) bond motifs is 1. The number of furan rings is 1. The minimum atomic E-state index is -0.248. The third kappa shape index (κ3) is 3.29. The van der Waals surface area contributed by atoms with E-state index in [9.17, 15) is 5.26 Å². The molecule has 0 spiro atoms. The van der Waals surface area contributed by atoms with Gasteiger partial charge in [0.05, 0.1) is 18.5 Å². The van der Waals surface area contributed by atoms with Crippen LogP contribution in [-0.4, -0.2) is 5.60 Å². The number of pyridine rings is 1. The molecule has 0 aromatic carbocycles. The molecular formula is C19H24N3O2+. The molecule has 2 aromatic heterocycles. The summed E-state index contributed by atoms with van der Waals surface area (Å²) in [6.45, 7) is 7.40. The summed E-state index contributed by atoms with van der Waals surface area (Å²) in [4.78, 5) is 3.43. The number of ether oxygens (including phenoxy) is 1. The van der Waals surface area contributed by atoms with Crippen LogP contribution in [0, 0.1) is 11.3 Å². The van der Waals surface area contributed by atoms with Crippen LogP contribution in [-0.2, 0) is 30.7 Å². The van der Waals surface area contributed by atoms with E-state index in [-0.39, 0.29) is 5.60 Å². The fraction of sp³-hybridized carbons (Fsp3) is 0.474. The van der Waals surface area contributed by atoms with Gasteiger partial charge in [-0.05, 0) is 38.0 Å². The molecule has 2 aromatic rings. The molecule has 0 aliphatic carbocycles. The number of nitrogens with zero attached hydrogens (tertiary/aromatic N) is 1. The maximum absolute atomic E-state index is 9.75. The van der Waals surface area contributed by atoms with Crippen LogP contribution in [0.2, 0.25) is 0 Å². The van der Waals surface area contributed by atoms with Gasteiger partial charge >= 0.3 is 0 Å². The molecule has 0 saturated heterocycles. The molecule has 0 amide bonds. The average Bonchev–Trinajstić information content (AvgIpc) is 3.05. The minimum Gasteiger partial charge on any atom is -0.465 e. The van der Waals surface area contributed by atoms with Crippen molar-refractivity contribution in [3.63, 3.8) is 0 Å². The highest BCUT2D eigenvalue weighted by Crippen LogP contribution is 2.33. The molecule has 1 aliphatic rings. The van der Waals surface area contributed by atoms with Crippen molar-refractivity contribution in [3.05, 3.63) is 46.5 Å². The molecule has 0 radical (unpaired) electrons. The van der Waals surface area contributed by atoms with E-state index >= 15 is 0 Å². The summed E-state index contributed by atoms with van der Waals surface area (Å²) in [6, 6.07) is 6.16. The van der Waals surface area contributed by atoms with E-state index in [4.69, 9.17) is 9.15 Å². The zero-order valence-corrected chi connectivity index (χ0v) is 14.5. The number of nitrogens with one attached hydrogen (secondary N) is 2. The van der Waals surface area contributed by atoms with Gasteiger partial charge in [-0.2, -0.15) is 5.26 Å². The highest BCUT2D eigenvalue weighted by Gasteiger charge is 2.33. The molecular weight excluding hydrogens is 302 g/mol. The monoisotopic (exact) mass is 326 g/mol. The minimum absolute atomic E-state index is 0.248. The van der Waals surface area contributed by atoms with E-state index in [0.717, 1.165) is 47.7 Å². The number of rotatable bonds is 5. The summed E-state index contributed by atoms with van der Waals surface area (Å²) in [7, 11) is 0. The normalized spacial score (nSPS) is 15.6. The Morgan fingerprint density at radius 3 is 2.88 bits per heavy atom. The van der Waals surface area contributed by atoms with Gasteiger partial charge in [-0.1, -0.05) is 6.92 Å². The molecule has 0 fully saturated rings. The predicted octanol–water partition coefficient (Wildman–Crippen LogP) is 3.38. The van der Waals surface area contributed by atoms with Crippen molar-refractivity contribution in [1.29, 1.82) is 5.26 Å². The van der Waals surface area contributed by atoms with E-state index < -0.39 is 0 Å². The zero-order valence-electron chi connectivity index (χ0n) is 14.5. The lowest BCUT2D eigenvalue weighted by Gasteiger charge is -2.32. The second-order valence-corrected chi connectivity index (χ2v) is 6.83. The van der Waals surface area contributed by atoms with Crippen molar-refractivity contribution < 1.29 is 14.1 Å². The molecule has 0 unspecified atom stereocenters. The SMILES string of the molecule is CCCc1[nH+]c(NCc2ccco2)c(C#N)c2c1COC(C)(C)C2. The smallest absolute Gasteiger partial charge is 0.291 e. The number of aromatic nitrogens is 1. The maximum Gasteiger partial charge on any atom is 0.291 e. The number of hydrogen-bond donors (Lipinski definition) is 1. The van der Waals surface area contributed by atoms with Crippen LogP contribution >= 0.6 is 0 Å². The van der Waals surface area contributed by atoms with Gasteiger partial charge in [-0.25, -0.2) is 4.98 Å². The second-order valence-electron chi connectivity index (χ2n) is 6.83. The molecule has 1 aliphatic heterocycles. The third-order valence-corrected chi connectivity index (χ3v) is 4.40. The first kappa shape index (κ1) is 16.5. The van der Waals surface area contributed by atoms with Gasteiger partial charge in [0.25, 0.3) is 5.82 Å². The summed E-state index contributed by atoms with van der Waals surface area (Å²) in [6.07, 6.45) is 4.37. The fourth-order valence-corrected chi connectivity index (χ4v) is 3.19. The van der Waals surface area contributed by atoms with Crippen molar-refractivity contribution in [3.8, 4) is 6.07 Å². The standard InChI is InChI=1S/C19H23N3O2/c1-4-6-17-16-12-24-19(2,3)9-14(16)15(10-20)18(22-17)21-11-13-7-5-8-23-13/h5,7-8H,4,6,9,11-12H2,1-3H3,(H,21,22)/p+1. The molecule has 126 valence electrons. The molecule has 3 rings (SSSR count). The summed E-state index contributed by atoms with van der Waals surface area (Å²) in [5.74, 6) is 1.61. The number of aryl methyl sites for hydroxylation is 1. The van der Waals surface area contributed by atoms with Gasteiger partial charge in [-0.3, -0.25) is 5.32 Å². The van der Waals surface area contributed by atoms with Gasteiger partial charge in [0.1, 0.15) is 29.6 Å². The molecule has 2 N–H and O–H groups in total. The van der Waals surface area contributed by atoms with Gasteiger partial charge in [0, 0.05) is 18.4 Å². The Hall–Kier alpha value is -2.32. The zero-order chi connectivity index (χ0) is 17.2. The van der Waals surface area contributed by atoms with Crippen molar-refractivity contribution in [2.75, 3.05) is 5.32 Å². The summed E-state index contributed by atoms with van der Waals surface area (Å²) >= 11 is 0. The lowest BCUT2D eigenvalue weighted by atomic mass is 9.87. The number of anilines is 1. The molecule has 5 heteroatoms. The first-order valence-corrected chi connectivity index (χ1v) is 8.44. The molecule has 3 heterocycles. The second kappa shape index (κ2) is 6.66. The molecule has 0 bridgehead atoms. The van der Waals surface area contributed by atoms with Crippen LogP contribution in [0.15, 0.2) is 22.8 Å². The van der Waals surface area contributed by atoms with Crippen LogP contribution in [0.3, 0.4) is 0 Å². The topological polar surface area (TPSA) is 72.3 Å². The summed E-state index contributed by atoms with van der Waals surface area (Å²) in [5.41, 5.74) is 3.85. The van der Waals surface area contributed by atoms with Gasteiger partial charge in [-0.15, -0.1) is 0 Å². The third-order valence-electron chi connectivity index (χ3n) is 4.40. The number of hydrogen-bond acceptors (Lipinski definition) is 4. The average molecular weight is 326 g/mol. The lowest BCUT2D eigenvalue weighted by molar-refractivity contribution is -0.376. The van der Waals surface area contributed by atoms with Gasteiger partial charge in [0.15, 0.2) is 0 Å². The van der Waals surface area contributed by atoms with Gasteiger partial charge in [0.2, 0.25) is 0 Å². The Bertz CT molecular complexity index is 758. The first-order chi connectivity index (χ1) is 11.5. The highest BCUT2D eigenvalue weighted by atomic mass is 16.5. The Balaban J connectivity index is 2.01. The molecule has 5 nitrogen and oxygen atoms in total. The van der Waals surface area contributed by atoms with Gasteiger partial charge < -0.3 is 9.15 Å². The van der Waals surface area contributed by atoms with E-state index in [1.165, 1.54) is 0 Å². The maximum atomic E-state index is 9.75. The summed E-state index contributed by atoms with van der Waals surface area (Å²) < 4.78 is 11.3. The van der Waals surface area contributed by atoms with Crippen molar-refractivity contribution in [2.24, 2.45) is 0 Å². The summed E-state index contributed by atoms with van der Waals surface area (Å²) in [5, 5.41) is 13.1. The number of aromatic amines is 1. The Morgan fingerprint density at radius 1 is 1.38 bits per heavy atom. The molecule has 0 saturated carbocycles. The Morgan fingerprint density at radius 2 is 2.21 bits per heavy atom. The molecule has 0 atom stereocenters. The highest BCUT2D eigenvalue weighted by molar-refractivity contribution is 5.56. The van der Waals surface area contributed by atoms with Crippen molar-refractivity contribution in [2.45, 2.75) is 58.8 Å². The van der Waals surface area contributed by atoms with Crippen LogP contribution in [0.25, 0.3) is 0 Å². The van der Waals surface area contributed by atoms with Crippen LogP contribution in [0.5, 0.6) is 0 Å². The van der Waals surface area contributed by atoms with E-state index in [1.54, 1.807) is 6.26 Å². The van der Waals surface area contributed by atoms with Crippen molar-refractivity contribution in [1.82, 2.24) is 0 Å². The molecule has 24 heavy (non-hydrogen) atoms.